The Morgan fingerprint density at radius 2 is 1.75 bits per heavy atom. The monoisotopic (exact) mass is 614 g/mol. The smallest absolute Gasteiger partial charge is 0.327 e. The first-order valence-corrected chi connectivity index (χ1v) is 14.8. The van der Waals surface area contributed by atoms with Gasteiger partial charge in [0.1, 0.15) is 29.6 Å². The van der Waals surface area contributed by atoms with Crippen LogP contribution < -0.4 is 30.5 Å². The van der Waals surface area contributed by atoms with Crippen molar-refractivity contribution >= 4 is 57.9 Å². The van der Waals surface area contributed by atoms with Gasteiger partial charge in [-0.05, 0) is 42.9 Å². The van der Waals surface area contributed by atoms with E-state index in [-0.39, 0.29) is 11.8 Å². The lowest BCUT2D eigenvalue weighted by atomic mass is 10.2. The van der Waals surface area contributed by atoms with Crippen molar-refractivity contribution in [1.29, 1.82) is 0 Å². The van der Waals surface area contributed by atoms with Crippen LogP contribution in [0.4, 0.5) is 39.2 Å². The highest BCUT2D eigenvalue weighted by Gasteiger charge is 2.22. The third-order valence-electron chi connectivity index (χ3n) is 7.20. The number of benzene rings is 3. The fourth-order valence-corrected chi connectivity index (χ4v) is 4.91. The molecular formula is C32H35ClN8O3. The lowest BCUT2D eigenvalue weighted by molar-refractivity contribution is -0.113. The van der Waals surface area contributed by atoms with E-state index in [1.165, 1.54) is 11.2 Å². The zero-order valence-electron chi connectivity index (χ0n) is 24.7. The molecule has 0 spiro atoms. The Morgan fingerprint density at radius 3 is 2.50 bits per heavy atom. The normalized spacial score (nSPS) is 13.2. The van der Waals surface area contributed by atoms with Crippen molar-refractivity contribution in [3.8, 4) is 5.75 Å². The van der Waals surface area contributed by atoms with Crippen molar-refractivity contribution in [2.45, 2.75) is 6.54 Å². The van der Waals surface area contributed by atoms with E-state index >= 15 is 0 Å². The lowest BCUT2D eigenvalue weighted by Crippen LogP contribution is -2.44. The molecule has 44 heavy (non-hydrogen) atoms. The number of amides is 3. The van der Waals surface area contributed by atoms with Gasteiger partial charge in [-0.25, -0.2) is 19.7 Å². The molecule has 0 aliphatic carbocycles. The van der Waals surface area contributed by atoms with E-state index in [0.717, 1.165) is 43.1 Å². The Balaban J connectivity index is 1.42. The van der Waals surface area contributed by atoms with Crippen molar-refractivity contribution in [2.75, 3.05) is 66.6 Å². The fraction of sp³-hybridized carbons (Fsp3) is 0.250. The number of carbonyl (C=O) groups excluding carboxylic acids is 2. The summed E-state index contributed by atoms with van der Waals surface area (Å²) in [6, 6.07) is 23.8. The Hall–Kier alpha value is -4.87. The van der Waals surface area contributed by atoms with Crippen LogP contribution in [-0.4, -0.2) is 73.0 Å². The van der Waals surface area contributed by atoms with Gasteiger partial charge in [0.05, 0.1) is 18.5 Å². The predicted molar refractivity (Wildman–Crippen MR) is 175 cm³/mol. The van der Waals surface area contributed by atoms with Gasteiger partial charge in [0.15, 0.2) is 0 Å². The first-order chi connectivity index (χ1) is 21.4. The zero-order chi connectivity index (χ0) is 30.9. The minimum Gasteiger partial charge on any atom is -0.494 e. The number of likely N-dealkylation sites (N-methyl/N-ethyl adjacent to an activating group) is 1. The topological polar surface area (TPSA) is 115 Å². The highest BCUT2D eigenvalue weighted by Crippen LogP contribution is 2.33. The summed E-state index contributed by atoms with van der Waals surface area (Å²) in [7, 11) is 3.76. The number of hydrogen-bond donors (Lipinski definition) is 3. The van der Waals surface area contributed by atoms with Gasteiger partial charge in [-0.3, -0.25) is 4.79 Å². The molecule has 1 fully saturated rings. The molecule has 12 heteroatoms. The van der Waals surface area contributed by atoms with E-state index in [2.05, 4.69) is 48.8 Å². The third kappa shape index (κ3) is 7.74. The number of piperazine rings is 1. The summed E-state index contributed by atoms with van der Waals surface area (Å²) >= 11 is 5.69. The Morgan fingerprint density at radius 1 is 0.955 bits per heavy atom. The molecule has 5 rings (SSSR count). The number of nitrogens with one attached hydrogen (secondary N) is 3. The van der Waals surface area contributed by atoms with Crippen LogP contribution in [0.1, 0.15) is 5.56 Å². The first-order valence-electron chi connectivity index (χ1n) is 14.2. The summed E-state index contributed by atoms with van der Waals surface area (Å²) in [4.78, 5) is 40.5. The number of methoxy groups -OCH3 is 1. The van der Waals surface area contributed by atoms with Gasteiger partial charge in [0.2, 0.25) is 5.91 Å². The first kappa shape index (κ1) is 30.6. The van der Waals surface area contributed by atoms with Crippen molar-refractivity contribution in [1.82, 2.24) is 20.2 Å². The maximum absolute atomic E-state index is 13.7. The highest BCUT2D eigenvalue weighted by atomic mass is 35.5. The minimum absolute atomic E-state index is 0.188. The molecule has 2 heterocycles. The SMILES string of the molecule is COc1cc(N2CCN(C)CC2)ccc1Nc1cc(N(C(=O)NCc2ccccc2)c2cccc(NC(=O)CCl)c2)ncn1. The molecule has 0 atom stereocenters. The average molecular weight is 615 g/mol. The molecular weight excluding hydrogens is 580 g/mol. The molecule has 3 aromatic carbocycles. The molecule has 228 valence electrons. The number of carbonyl (C=O) groups is 2. The van der Waals surface area contributed by atoms with Gasteiger partial charge >= 0.3 is 6.03 Å². The number of ether oxygens (including phenoxy) is 1. The number of halogens is 1. The molecule has 1 saturated heterocycles. The van der Waals surface area contributed by atoms with E-state index in [1.807, 2.05) is 42.5 Å². The predicted octanol–water partition coefficient (Wildman–Crippen LogP) is 5.21. The molecule has 11 nitrogen and oxygen atoms in total. The van der Waals surface area contributed by atoms with Crippen LogP contribution in [0.5, 0.6) is 5.75 Å². The Labute approximate surface area is 261 Å². The van der Waals surface area contributed by atoms with Crippen molar-refractivity contribution in [2.24, 2.45) is 0 Å². The van der Waals surface area contributed by atoms with Crippen LogP contribution in [0.2, 0.25) is 0 Å². The van der Waals surface area contributed by atoms with Crippen LogP contribution in [-0.2, 0) is 11.3 Å². The molecule has 0 bridgehead atoms. The number of hydrogen-bond acceptors (Lipinski definition) is 8. The van der Waals surface area contributed by atoms with Gasteiger partial charge in [0, 0.05) is 56.2 Å². The van der Waals surface area contributed by atoms with E-state index in [9.17, 15) is 9.59 Å². The lowest BCUT2D eigenvalue weighted by Gasteiger charge is -2.34. The average Bonchev–Trinajstić information content (AvgIpc) is 3.05. The Bertz CT molecular complexity index is 1580. The quantitative estimate of drug-likeness (QED) is 0.209. The summed E-state index contributed by atoms with van der Waals surface area (Å²) in [5, 5.41) is 9.01. The standard InChI is InChI=1S/C32H35ClN8O3/c1-39-13-15-40(16-14-39)25-11-12-27(28(18-25)44-2)38-29-19-30(36-22-35-29)41(32(43)34-21-23-7-4-3-5-8-23)26-10-6-9-24(17-26)37-31(42)20-33/h3-12,17-19,22H,13-16,20-21H2,1-2H3,(H,34,43)(H,37,42)(H,35,36,38). The van der Waals surface area contributed by atoms with E-state index < -0.39 is 6.03 Å². The Kier molecular flexibility index (Phi) is 10.1. The van der Waals surface area contributed by atoms with E-state index in [4.69, 9.17) is 16.3 Å². The highest BCUT2D eigenvalue weighted by molar-refractivity contribution is 6.29. The largest absolute Gasteiger partial charge is 0.494 e. The van der Waals surface area contributed by atoms with Crippen LogP contribution in [0.25, 0.3) is 0 Å². The van der Waals surface area contributed by atoms with Crippen LogP contribution in [0.15, 0.2) is 85.2 Å². The number of aromatic nitrogens is 2. The summed E-state index contributed by atoms with van der Waals surface area (Å²) in [6.45, 7) is 4.21. The molecule has 4 aromatic rings. The van der Waals surface area contributed by atoms with E-state index in [1.54, 1.807) is 37.4 Å². The molecule has 0 unspecified atom stereocenters. The summed E-state index contributed by atoms with van der Waals surface area (Å²) in [5.74, 6) is 0.911. The van der Waals surface area contributed by atoms with Gasteiger partial charge in [-0.15, -0.1) is 11.6 Å². The van der Waals surface area contributed by atoms with Crippen LogP contribution >= 0.6 is 11.6 Å². The summed E-state index contributed by atoms with van der Waals surface area (Å²) in [6.07, 6.45) is 1.39. The van der Waals surface area contributed by atoms with Crippen molar-refractivity contribution < 1.29 is 14.3 Å². The summed E-state index contributed by atoms with van der Waals surface area (Å²) in [5.41, 5.74) is 3.74. The number of anilines is 6. The maximum atomic E-state index is 13.7. The zero-order valence-corrected chi connectivity index (χ0v) is 25.4. The molecule has 1 aliphatic rings. The number of urea groups is 1. The number of alkyl halides is 1. The second kappa shape index (κ2) is 14.5. The summed E-state index contributed by atoms with van der Waals surface area (Å²) < 4.78 is 5.72. The number of rotatable bonds is 10. The molecule has 0 saturated carbocycles. The fourth-order valence-electron chi connectivity index (χ4n) is 4.84. The maximum Gasteiger partial charge on any atom is 0.327 e. The molecule has 1 aliphatic heterocycles. The van der Waals surface area contributed by atoms with Gasteiger partial charge in [-0.2, -0.15) is 0 Å². The van der Waals surface area contributed by atoms with Crippen molar-refractivity contribution in [3.05, 3.63) is 90.8 Å². The minimum atomic E-state index is -0.409. The molecule has 1 aromatic heterocycles. The van der Waals surface area contributed by atoms with Gasteiger partial charge in [0.25, 0.3) is 0 Å². The van der Waals surface area contributed by atoms with Gasteiger partial charge < -0.3 is 30.5 Å². The van der Waals surface area contributed by atoms with Crippen LogP contribution in [0, 0.1) is 0 Å². The third-order valence-corrected chi connectivity index (χ3v) is 7.44. The number of nitrogens with zero attached hydrogens (tertiary/aromatic N) is 5. The molecule has 3 amide bonds. The van der Waals surface area contributed by atoms with Crippen molar-refractivity contribution in [3.63, 3.8) is 0 Å². The van der Waals surface area contributed by atoms with Gasteiger partial charge in [-0.1, -0.05) is 36.4 Å². The molecule has 3 N–H and O–H groups in total. The van der Waals surface area contributed by atoms with Crippen LogP contribution in [0.3, 0.4) is 0 Å². The second-order valence-electron chi connectivity index (χ2n) is 10.3. The molecule has 0 radical (unpaired) electrons. The van der Waals surface area contributed by atoms with E-state index in [0.29, 0.717) is 35.3 Å². The second-order valence-corrected chi connectivity index (χ2v) is 10.5.